The van der Waals surface area contributed by atoms with Gasteiger partial charge in [-0.1, -0.05) is 6.07 Å². The topological polar surface area (TPSA) is 126 Å². The van der Waals surface area contributed by atoms with E-state index in [1.54, 1.807) is 10.7 Å². The Morgan fingerprint density at radius 2 is 2.00 bits per heavy atom. The van der Waals surface area contributed by atoms with E-state index in [4.69, 9.17) is 4.11 Å². The third kappa shape index (κ3) is 3.78. The van der Waals surface area contributed by atoms with Crippen molar-refractivity contribution in [2.75, 3.05) is 29.6 Å². The van der Waals surface area contributed by atoms with Crippen LogP contribution in [0.4, 0.5) is 33.1 Å². The number of nitrogens with one attached hydrogen (secondary N) is 3. The molecule has 1 aliphatic rings. The van der Waals surface area contributed by atoms with Gasteiger partial charge < -0.3 is 20.9 Å². The van der Waals surface area contributed by atoms with Crippen LogP contribution in [0.25, 0.3) is 5.69 Å². The standard InChI is InChI=1S/C21H19FN10O/c1-23-21(33)13-10-25-18(27-17-7-6-12(22)9-24-17)8-15(13)26-14-4-3-5-16-20(14)31(2)11-19-28-29-30-32(16)19/h3-10H,11H2,1-2H3,(H,23,33)(H2,24,25,26,27)/i1D3. The fourth-order valence-corrected chi connectivity index (χ4v) is 3.59. The Bertz CT molecular complexity index is 1440. The van der Waals surface area contributed by atoms with Gasteiger partial charge in [-0.15, -0.1) is 5.10 Å². The van der Waals surface area contributed by atoms with Gasteiger partial charge in [-0.3, -0.25) is 4.79 Å². The molecule has 4 heterocycles. The van der Waals surface area contributed by atoms with Crippen LogP contribution in [-0.2, 0) is 6.54 Å². The van der Waals surface area contributed by atoms with E-state index in [9.17, 15) is 9.18 Å². The maximum Gasteiger partial charge on any atom is 0.254 e. The number of hydrogen-bond acceptors (Lipinski definition) is 9. The Labute approximate surface area is 191 Å². The molecule has 12 heteroatoms. The number of benzene rings is 1. The molecule has 1 aliphatic heterocycles. The summed E-state index contributed by atoms with van der Waals surface area (Å²) in [6, 6.07) is 9.68. The average molecular weight is 449 g/mol. The fourth-order valence-electron chi connectivity index (χ4n) is 3.59. The lowest BCUT2D eigenvalue weighted by molar-refractivity contribution is 0.0963. The second kappa shape index (κ2) is 8.15. The number of aromatic nitrogens is 6. The lowest BCUT2D eigenvalue weighted by Crippen LogP contribution is -2.27. The number of carbonyl (C=O) groups excluding carboxylic acids is 1. The quantitative estimate of drug-likeness (QED) is 0.421. The average Bonchev–Trinajstić information content (AvgIpc) is 3.28. The molecule has 11 nitrogen and oxygen atoms in total. The highest BCUT2D eigenvalue weighted by molar-refractivity contribution is 6.01. The van der Waals surface area contributed by atoms with Crippen LogP contribution >= 0.6 is 0 Å². The Balaban J connectivity index is 1.55. The second-order valence-corrected chi connectivity index (χ2v) is 7.22. The minimum atomic E-state index is -2.69. The highest BCUT2D eigenvalue weighted by Gasteiger charge is 2.25. The molecule has 1 aromatic carbocycles. The molecule has 0 saturated carbocycles. The number of tetrazole rings is 1. The zero-order chi connectivity index (χ0) is 25.4. The summed E-state index contributed by atoms with van der Waals surface area (Å²) in [6.07, 6.45) is 2.30. The predicted molar refractivity (Wildman–Crippen MR) is 120 cm³/mol. The smallest absolute Gasteiger partial charge is 0.254 e. The number of rotatable bonds is 5. The number of halogens is 1. The van der Waals surface area contributed by atoms with Gasteiger partial charge in [-0.25, -0.2) is 14.4 Å². The Hall–Kier alpha value is -4.61. The number of hydrogen-bond donors (Lipinski definition) is 3. The summed E-state index contributed by atoms with van der Waals surface area (Å²) in [4.78, 5) is 22.9. The summed E-state index contributed by atoms with van der Waals surface area (Å²) in [5, 5.41) is 20.0. The zero-order valence-corrected chi connectivity index (χ0v) is 17.2. The van der Waals surface area contributed by atoms with Crippen LogP contribution in [0.5, 0.6) is 0 Å². The molecule has 0 unspecified atom stereocenters. The fraction of sp³-hybridized carbons (Fsp3) is 0.143. The van der Waals surface area contributed by atoms with Crippen LogP contribution < -0.4 is 20.9 Å². The first-order valence-corrected chi connectivity index (χ1v) is 9.78. The molecule has 1 amide bonds. The first-order chi connectivity index (χ1) is 17.2. The normalized spacial score (nSPS) is 13.8. The molecule has 0 bridgehead atoms. The molecule has 0 atom stereocenters. The van der Waals surface area contributed by atoms with Gasteiger partial charge in [-0.05, 0) is 34.7 Å². The van der Waals surface area contributed by atoms with Crippen molar-refractivity contribution < 1.29 is 13.3 Å². The number of anilines is 5. The molecule has 0 spiro atoms. The molecule has 5 rings (SSSR count). The first kappa shape index (κ1) is 17.0. The van der Waals surface area contributed by atoms with Crippen molar-refractivity contribution in [3.05, 3.63) is 66.0 Å². The summed E-state index contributed by atoms with van der Waals surface area (Å²) >= 11 is 0. The largest absolute Gasteiger partial charge is 0.364 e. The number of nitrogens with zero attached hydrogens (tertiary/aromatic N) is 7. The van der Waals surface area contributed by atoms with Crippen LogP contribution in [0.15, 0.2) is 48.8 Å². The van der Waals surface area contributed by atoms with Crippen LogP contribution in [0, 0.1) is 5.82 Å². The van der Waals surface area contributed by atoms with Crippen molar-refractivity contribution >= 4 is 34.6 Å². The van der Waals surface area contributed by atoms with Crippen LogP contribution in [0.1, 0.15) is 20.3 Å². The molecule has 4 aromatic rings. The van der Waals surface area contributed by atoms with Gasteiger partial charge in [0.1, 0.15) is 17.5 Å². The van der Waals surface area contributed by atoms with Crippen molar-refractivity contribution in [2.24, 2.45) is 0 Å². The monoisotopic (exact) mass is 449 g/mol. The van der Waals surface area contributed by atoms with E-state index in [0.29, 0.717) is 29.7 Å². The Kier molecular flexibility index (Phi) is 4.20. The number of carbonyl (C=O) groups is 1. The molecular weight excluding hydrogens is 427 g/mol. The highest BCUT2D eigenvalue weighted by atomic mass is 19.1. The van der Waals surface area contributed by atoms with Gasteiger partial charge in [0.2, 0.25) is 0 Å². The van der Waals surface area contributed by atoms with Gasteiger partial charge in [0.25, 0.3) is 5.91 Å². The van der Waals surface area contributed by atoms with Crippen molar-refractivity contribution in [1.82, 2.24) is 35.5 Å². The van der Waals surface area contributed by atoms with E-state index in [0.717, 1.165) is 17.6 Å². The summed E-state index contributed by atoms with van der Waals surface area (Å²) in [5.74, 6) is -0.0312. The van der Waals surface area contributed by atoms with Gasteiger partial charge in [0.15, 0.2) is 5.82 Å². The van der Waals surface area contributed by atoms with E-state index < -0.39 is 18.7 Å². The predicted octanol–water partition coefficient (Wildman–Crippen LogP) is 2.39. The molecule has 33 heavy (non-hydrogen) atoms. The lowest BCUT2D eigenvalue weighted by atomic mass is 10.1. The summed E-state index contributed by atoms with van der Waals surface area (Å²) in [6.45, 7) is -2.24. The summed E-state index contributed by atoms with van der Waals surface area (Å²) < 4.78 is 37.0. The van der Waals surface area contributed by atoms with E-state index in [-0.39, 0.29) is 11.3 Å². The van der Waals surface area contributed by atoms with Gasteiger partial charge in [-0.2, -0.15) is 4.68 Å². The van der Waals surface area contributed by atoms with Crippen LogP contribution in [0.3, 0.4) is 0 Å². The maximum atomic E-state index is 13.2. The maximum absolute atomic E-state index is 13.2. The van der Waals surface area contributed by atoms with E-state index in [2.05, 4.69) is 36.1 Å². The zero-order valence-electron chi connectivity index (χ0n) is 20.2. The number of amides is 1. The molecule has 0 radical (unpaired) electrons. The molecule has 3 N–H and O–H groups in total. The lowest BCUT2D eigenvalue weighted by Gasteiger charge is -2.29. The minimum absolute atomic E-state index is 0.00270. The van der Waals surface area contributed by atoms with E-state index >= 15 is 0 Å². The molecule has 0 aliphatic carbocycles. The Morgan fingerprint density at radius 1 is 1.12 bits per heavy atom. The third-order valence-corrected chi connectivity index (χ3v) is 5.05. The van der Waals surface area contributed by atoms with E-state index in [1.165, 1.54) is 24.4 Å². The molecule has 166 valence electrons. The van der Waals surface area contributed by atoms with Crippen molar-refractivity contribution in [3.63, 3.8) is 0 Å². The van der Waals surface area contributed by atoms with Gasteiger partial charge in [0.05, 0.1) is 41.1 Å². The van der Waals surface area contributed by atoms with Crippen molar-refractivity contribution in [3.8, 4) is 5.69 Å². The summed E-state index contributed by atoms with van der Waals surface area (Å²) in [7, 11) is 1.88. The van der Waals surface area contributed by atoms with Gasteiger partial charge in [0, 0.05) is 30.4 Å². The number of pyridine rings is 2. The Morgan fingerprint density at radius 3 is 2.82 bits per heavy atom. The number of fused-ring (bicyclic) bond motifs is 3. The first-order valence-electron chi connectivity index (χ1n) is 11.3. The molecule has 0 saturated heterocycles. The summed E-state index contributed by atoms with van der Waals surface area (Å²) in [5.41, 5.74) is 2.40. The highest BCUT2D eigenvalue weighted by Crippen LogP contribution is 2.38. The van der Waals surface area contributed by atoms with Crippen molar-refractivity contribution in [1.29, 1.82) is 0 Å². The molecule has 3 aromatic heterocycles. The van der Waals surface area contributed by atoms with E-state index in [1.807, 2.05) is 29.4 Å². The van der Waals surface area contributed by atoms with Crippen molar-refractivity contribution in [2.45, 2.75) is 6.54 Å². The second-order valence-electron chi connectivity index (χ2n) is 7.22. The third-order valence-electron chi connectivity index (χ3n) is 5.05. The van der Waals surface area contributed by atoms with Crippen LogP contribution in [-0.4, -0.2) is 50.1 Å². The molecule has 0 fully saturated rings. The van der Waals surface area contributed by atoms with Crippen LogP contribution in [0.2, 0.25) is 0 Å². The minimum Gasteiger partial charge on any atom is -0.364 e. The molecular formula is C21H19FN10O. The van der Waals surface area contributed by atoms with Gasteiger partial charge >= 0.3 is 0 Å². The number of para-hydroxylation sites is 1. The SMILES string of the molecule is [2H]C([2H])([2H])NC(=O)c1cnc(Nc2ccc(F)cn2)cc1Nc1cccc2c1N(C)Cc1nnnn1-2.